The van der Waals surface area contributed by atoms with E-state index in [1.807, 2.05) is 12.1 Å². The number of carbonyl (C=O) groups excluding carboxylic acids is 1. The van der Waals surface area contributed by atoms with Crippen LogP contribution in [0.5, 0.6) is 0 Å². The molecule has 120 valence electrons. The Labute approximate surface area is 146 Å². The molecule has 1 aromatic carbocycles. The molecule has 1 atom stereocenters. The first-order chi connectivity index (χ1) is 9.61. The third kappa shape index (κ3) is 10.2. The second kappa shape index (κ2) is 12.3. The molecule has 1 rings (SSSR count). The quantitative estimate of drug-likeness (QED) is 0.493. The third-order valence-electron chi connectivity index (χ3n) is 2.79. The van der Waals surface area contributed by atoms with Crippen molar-refractivity contribution < 1.29 is 4.79 Å². The Hall–Kier alpha value is -0.230. The number of nitrogens with one attached hydrogen (secondary N) is 2. The molecule has 0 spiro atoms. The van der Waals surface area contributed by atoms with Crippen LogP contribution in [0.3, 0.4) is 0 Å². The number of thioether (sulfide) groups is 1. The Bertz CT molecular complexity index is 403. The van der Waals surface area contributed by atoms with Crippen molar-refractivity contribution in [1.82, 2.24) is 10.6 Å². The van der Waals surface area contributed by atoms with Gasteiger partial charge in [0.25, 0.3) is 0 Å². The molecule has 0 bridgehead atoms. The zero-order valence-corrected chi connectivity index (χ0v) is 15.7. The maximum absolute atomic E-state index is 11.7. The van der Waals surface area contributed by atoms with E-state index in [1.54, 1.807) is 11.8 Å². The van der Waals surface area contributed by atoms with Gasteiger partial charge in [-0.1, -0.05) is 22.9 Å². The van der Waals surface area contributed by atoms with Crippen molar-refractivity contribution in [2.75, 3.05) is 18.8 Å². The van der Waals surface area contributed by atoms with E-state index < -0.39 is 0 Å². The minimum absolute atomic E-state index is 0. The molecule has 0 saturated heterocycles. The third-order valence-corrected chi connectivity index (χ3v) is 4.42. The lowest BCUT2D eigenvalue weighted by molar-refractivity contribution is -0.121. The van der Waals surface area contributed by atoms with Gasteiger partial charge in [-0.05, 0) is 49.9 Å². The molecule has 0 heterocycles. The highest BCUT2D eigenvalue weighted by molar-refractivity contribution is 9.10. The van der Waals surface area contributed by atoms with Gasteiger partial charge < -0.3 is 10.6 Å². The molecule has 1 aromatic rings. The number of likely N-dealkylation sites (N-methyl/N-ethyl adjacent to an activating group) is 1. The molecular formula is C15H24BrClN2OS. The summed E-state index contributed by atoms with van der Waals surface area (Å²) in [4.78, 5) is 12.9. The minimum Gasteiger partial charge on any atom is -0.355 e. The van der Waals surface area contributed by atoms with Crippen molar-refractivity contribution >= 4 is 46.0 Å². The maximum atomic E-state index is 11.7. The van der Waals surface area contributed by atoms with E-state index >= 15 is 0 Å². The normalized spacial score (nSPS) is 11.6. The van der Waals surface area contributed by atoms with Gasteiger partial charge >= 0.3 is 0 Å². The lowest BCUT2D eigenvalue weighted by atomic mass is 10.3. The van der Waals surface area contributed by atoms with Gasteiger partial charge in [0.1, 0.15) is 0 Å². The van der Waals surface area contributed by atoms with Crippen LogP contribution in [-0.4, -0.2) is 30.8 Å². The van der Waals surface area contributed by atoms with Gasteiger partial charge in [-0.25, -0.2) is 0 Å². The van der Waals surface area contributed by atoms with Gasteiger partial charge in [-0.2, -0.15) is 0 Å². The molecule has 21 heavy (non-hydrogen) atoms. The Morgan fingerprint density at radius 1 is 1.33 bits per heavy atom. The first-order valence-electron chi connectivity index (χ1n) is 7.00. The second-order valence-corrected chi connectivity index (χ2v) is 6.75. The summed E-state index contributed by atoms with van der Waals surface area (Å²) in [7, 11) is 0. The SMILES string of the molecule is CCN[C@H](C)CNC(=O)CCCSc1ccc(Br)cc1.Cl. The Balaban J connectivity index is 0.00000400. The Kier molecular flexibility index (Phi) is 12.2. The van der Waals surface area contributed by atoms with E-state index in [1.165, 1.54) is 4.90 Å². The maximum Gasteiger partial charge on any atom is 0.220 e. The van der Waals surface area contributed by atoms with Crippen LogP contribution in [-0.2, 0) is 4.79 Å². The monoisotopic (exact) mass is 394 g/mol. The summed E-state index contributed by atoms with van der Waals surface area (Å²) in [5.41, 5.74) is 0. The molecule has 0 aliphatic carbocycles. The Morgan fingerprint density at radius 3 is 2.62 bits per heavy atom. The predicted molar refractivity (Wildman–Crippen MR) is 97.5 cm³/mol. The summed E-state index contributed by atoms with van der Waals surface area (Å²) in [5, 5.41) is 6.23. The van der Waals surface area contributed by atoms with Crippen molar-refractivity contribution in [3.8, 4) is 0 Å². The second-order valence-electron chi connectivity index (χ2n) is 4.67. The molecular weight excluding hydrogens is 372 g/mol. The molecule has 6 heteroatoms. The van der Waals surface area contributed by atoms with Crippen molar-refractivity contribution in [3.05, 3.63) is 28.7 Å². The smallest absolute Gasteiger partial charge is 0.220 e. The number of halogens is 2. The molecule has 0 saturated carbocycles. The van der Waals surface area contributed by atoms with Gasteiger partial charge in [0.2, 0.25) is 5.91 Å². The van der Waals surface area contributed by atoms with Crippen LogP contribution in [0.15, 0.2) is 33.6 Å². The first kappa shape index (κ1) is 20.8. The molecule has 2 N–H and O–H groups in total. The van der Waals surface area contributed by atoms with Gasteiger partial charge in [-0.3, -0.25) is 4.79 Å². The van der Waals surface area contributed by atoms with Crippen LogP contribution < -0.4 is 10.6 Å². The molecule has 3 nitrogen and oxygen atoms in total. The fourth-order valence-electron chi connectivity index (χ4n) is 1.73. The van der Waals surface area contributed by atoms with Gasteiger partial charge in [0.15, 0.2) is 0 Å². The van der Waals surface area contributed by atoms with Crippen molar-refractivity contribution in [1.29, 1.82) is 0 Å². The number of hydrogen-bond acceptors (Lipinski definition) is 3. The number of benzene rings is 1. The summed E-state index contributed by atoms with van der Waals surface area (Å²) < 4.78 is 1.09. The lowest BCUT2D eigenvalue weighted by Crippen LogP contribution is -2.38. The highest BCUT2D eigenvalue weighted by atomic mass is 79.9. The lowest BCUT2D eigenvalue weighted by Gasteiger charge is -2.13. The van der Waals surface area contributed by atoms with E-state index in [9.17, 15) is 4.79 Å². The number of hydrogen-bond donors (Lipinski definition) is 2. The van der Waals surface area contributed by atoms with Crippen molar-refractivity contribution in [2.24, 2.45) is 0 Å². The van der Waals surface area contributed by atoms with Gasteiger partial charge in [0, 0.05) is 28.4 Å². The van der Waals surface area contributed by atoms with E-state index in [2.05, 4.69) is 52.5 Å². The highest BCUT2D eigenvalue weighted by Crippen LogP contribution is 2.21. The molecule has 0 unspecified atom stereocenters. The van der Waals surface area contributed by atoms with Crippen LogP contribution >= 0.6 is 40.1 Å². The van der Waals surface area contributed by atoms with Crippen LogP contribution in [0.25, 0.3) is 0 Å². The standard InChI is InChI=1S/C15H23BrN2OS.ClH/c1-3-17-12(2)11-18-15(19)5-4-10-20-14-8-6-13(16)7-9-14;/h6-9,12,17H,3-5,10-11H2,1-2H3,(H,18,19);1H/t12-;/m1./s1. The summed E-state index contributed by atoms with van der Waals surface area (Å²) >= 11 is 5.21. The number of rotatable bonds is 9. The minimum atomic E-state index is 0. The molecule has 0 aromatic heterocycles. The largest absolute Gasteiger partial charge is 0.355 e. The summed E-state index contributed by atoms with van der Waals surface area (Å²) in [5.74, 6) is 1.11. The van der Waals surface area contributed by atoms with E-state index in [0.717, 1.165) is 23.2 Å². The van der Waals surface area contributed by atoms with Crippen LogP contribution in [0.2, 0.25) is 0 Å². The topological polar surface area (TPSA) is 41.1 Å². The molecule has 0 radical (unpaired) electrons. The van der Waals surface area contributed by atoms with E-state index in [0.29, 0.717) is 19.0 Å². The number of amides is 1. The summed E-state index contributed by atoms with van der Waals surface area (Å²) in [6.45, 7) is 5.78. The fraction of sp³-hybridized carbons (Fsp3) is 0.533. The summed E-state index contributed by atoms with van der Waals surface area (Å²) in [6.07, 6.45) is 1.50. The zero-order valence-electron chi connectivity index (χ0n) is 12.5. The average molecular weight is 396 g/mol. The molecule has 0 aliphatic heterocycles. The van der Waals surface area contributed by atoms with Crippen LogP contribution in [0, 0.1) is 0 Å². The molecule has 0 fully saturated rings. The van der Waals surface area contributed by atoms with Gasteiger partial charge in [-0.15, -0.1) is 24.2 Å². The Morgan fingerprint density at radius 2 is 2.00 bits per heavy atom. The van der Waals surface area contributed by atoms with Crippen LogP contribution in [0.4, 0.5) is 0 Å². The highest BCUT2D eigenvalue weighted by Gasteiger charge is 2.04. The average Bonchev–Trinajstić information content (AvgIpc) is 2.43. The van der Waals surface area contributed by atoms with Crippen LogP contribution in [0.1, 0.15) is 26.7 Å². The molecule has 1 amide bonds. The summed E-state index contributed by atoms with van der Waals surface area (Å²) in [6, 6.07) is 8.59. The van der Waals surface area contributed by atoms with E-state index in [4.69, 9.17) is 0 Å². The van der Waals surface area contributed by atoms with Crippen molar-refractivity contribution in [3.63, 3.8) is 0 Å². The predicted octanol–water partition coefficient (Wildman–Crippen LogP) is 3.86. The van der Waals surface area contributed by atoms with E-state index in [-0.39, 0.29) is 18.3 Å². The number of carbonyl (C=O) groups is 1. The van der Waals surface area contributed by atoms with Crippen molar-refractivity contribution in [2.45, 2.75) is 37.6 Å². The first-order valence-corrected chi connectivity index (χ1v) is 8.78. The van der Waals surface area contributed by atoms with Gasteiger partial charge in [0.05, 0.1) is 0 Å². The zero-order chi connectivity index (χ0) is 14.8. The fourth-order valence-corrected chi connectivity index (χ4v) is 2.85. The molecule has 0 aliphatic rings.